The maximum atomic E-state index is 9.70. The molecular weight excluding hydrogens is 294 g/mol. The van der Waals surface area contributed by atoms with Gasteiger partial charge in [0.2, 0.25) is 5.03 Å². The van der Waals surface area contributed by atoms with Gasteiger partial charge in [0.15, 0.2) is 23.7 Å². The lowest BCUT2D eigenvalue weighted by Crippen LogP contribution is -3.00. The molecule has 2 aromatic rings. The molecule has 1 aliphatic heterocycles. The highest BCUT2D eigenvalue weighted by Crippen LogP contribution is 2.39. The molecular formula is C15H16ClNO2S. The Balaban J connectivity index is 0.00000147. The zero-order valence-electron chi connectivity index (χ0n) is 11.3. The summed E-state index contributed by atoms with van der Waals surface area (Å²) in [7, 11) is 1.58. The Morgan fingerprint density at radius 2 is 2.05 bits per heavy atom. The Morgan fingerprint density at radius 1 is 1.25 bits per heavy atom. The summed E-state index contributed by atoms with van der Waals surface area (Å²) >= 11 is 1.87. The van der Waals surface area contributed by atoms with Gasteiger partial charge < -0.3 is 22.3 Å². The summed E-state index contributed by atoms with van der Waals surface area (Å²) in [6.07, 6.45) is 2.11. The number of phenols is 1. The average Bonchev–Trinajstić information content (AvgIpc) is 2.75. The van der Waals surface area contributed by atoms with Gasteiger partial charge in [-0.2, -0.15) is 4.57 Å². The Morgan fingerprint density at radius 3 is 2.80 bits per heavy atom. The highest BCUT2D eigenvalue weighted by atomic mass is 35.5. The number of ether oxygens (including phenoxy) is 1. The van der Waals surface area contributed by atoms with Crippen LogP contribution in [0.15, 0.2) is 47.6 Å². The van der Waals surface area contributed by atoms with E-state index in [9.17, 15) is 5.11 Å². The smallest absolute Gasteiger partial charge is 0.241 e. The molecule has 0 saturated heterocycles. The number of thioether (sulfide) groups is 1. The third-order valence-electron chi connectivity index (χ3n) is 3.45. The van der Waals surface area contributed by atoms with Crippen LogP contribution >= 0.6 is 11.8 Å². The fraction of sp³-hybridized carbons (Fsp3) is 0.267. The van der Waals surface area contributed by atoms with Crippen LogP contribution < -0.4 is 21.7 Å². The highest BCUT2D eigenvalue weighted by Gasteiger charge is 2.39. The normalized spacial score (nSPS) is 20.1. The van der Waals surface area contributed by atoms with E-state index in [2.05, 4.69) is 29.8 Å². The summed E-state index contributed by atoms with van der Waals surface area (Å²) in [5.74, 6) is 0.711. The zero-order valence-corrected chi connectivity index (χ0v) is 12.9. The number of aromatic hydroxyl groups is 1. The number of halogens is 1. The van der Waals surface area contributed by atoms with Crippen LogP contribution in [-0.2, 0) is 0 Å². The lowest BCUT2D eigenvalue weighted by molar-refractivity contribution is -0.741. The average molecular weight is 310 g/mol. The van der Waals surface area contributed by atoms with Gasteiger partial charge in [0, 0.05) is 17.7 Å². The van der Waals surface area contributed by atoms with Gasteiger partial charge in [-0.3, -0.25) is 0 Å². The number of hydrogen-bond acceptors (Lipinski definition) is 3. The maximum absolute atomic E-state index is 9.70. The molecule has 1 aromatic heterocycles. The van der Waals surface area contributed by atoms with Crippen LogP contribution in [0.2, 0.25) is 0 Å². The lowest BCUT2D eigenvalue weighted by atomic mass is 10.0. The standard InChI is InChI=1S/C15H15NO2S.ClH/c1-10-15(16-8-4-3-5-14(16)19-10)11-6-7-12(17)13(9-11)18-2;/h3-10,15H,1-2H3;1H. The molecule has 106 valence electrons. The van der Waals surface area contributed by atoms with E-state index in [0.717, 1.165) is 5.56 Å². The van der Waals surface area contributed by atoms with E-state index >= 15 is 0 Å². The zero-order chi connectivity index (χ0) is 13.4. The van der Waals surface area contributed by atoms with Crippen molar-refractivity contribution in [3.63, 3.8) is 0 Å². The number of pyridine rings is 1. The summed E-state index contributed by atoms with van der Waals surface area (Å²) in [4.78, 5) is 0. The molecule has 0 saturated carbocycles. The minimum atomic E-state index is 0. The van der Waals surface area contributed by atoms with Crippen molar-refractivity contribution >= 4 is 11.8 Å². The van der Waals surface area contributed by atoms with Crippen molar-refractivity contribution in [1.29, 1.82) is 0 Å². The Hall–Kier alpha value is -1.39. The van der Waals surface area contributed by atoms with Crippen LogP contribution in [0, 0.1) is 0 Å². The molecule has 3 rings (SSSR count). The predicted molar refractivity (Wildman–Crippen MR) is 74.8 cm³/mol. The molecule has 2 heterocycles. The van der Waals surface area contributed by atoms with Gasteiger partial charge >= 0.3 is 0 Å². The third kappa shape index (κ3) is 2.45. The Labute approximate surface area is 129 Å². The van der Waals surface area contributed by atoms with Gasteiger partial charge in [-0.25, -0.2) is 0 Å². The largest absolute Gasteiger partial charge is 1.00 e. The van der Waals surface area contributed by atoms with Crippen LogP contribution in [0.4, 0.5) is 0 Å². The fourth-order valence-electron chi connectivity index (χ4n) is 2.56. The predicted octanol–water partition coefficient (Wildman–Crippen LogP) is -0.224. The molecule has 2 atom stereocenters. The minimum absolute atomic E-state index is 0. The third-order valence-corrected chi connectivity index (χ3v) is 4.67. The van der Waals surface area contributed by atoms with Crippen LogP contribution in [0.5, 0.6) is 11.5 Å². The van der Waals surface area contributed by atoms with Gasteiger partial charge in [-0.1, -0.05) is 0 Å². The van der Waals surface area contributed by atoms with Gasteiger partial charge in [0.25, 0.3) is 0 Å². The Kier molecular flexibility index (Phi) is 4.45. The molecule has 20 heavy (non-hydrogen) atoms. The number of hydrogen-bond donors (Lipinski definition) is 1. The van der Waals surface area contributed by atoms with Gasteiger partial charge in [-0.05, 0) is 43.0 Å². The SMILES string of the molecule is COc1cc(C2C(C)Sc3cccc[n+]32)ccc1O.[Cl-]. The first-order valence-corrected chi connectivity index (χ1v) is 7.12. The number of fused-ring (bicyclic) bond motifs is 1. The lowest BCUT2D eigenvalue weighted by Gasteiger charge is -2.12. The van der Waals surface area contributed by atoms with E-state index in [1.54, 1.807) is 13.2 Å². The monoisotopic (exact) mass is 309 g/mol. The summed E-state index contributed by atoms with van der Waals surface area (Å²) < 4.78 is 7.48. The molecule has 2 unspecified atom stereocenters. The van der Waals surface area contributed by atoms with E-state index in [4.69, 9.17) is 4.74 Å². The molecule has 1 aromatic carbocycles. The molecule has 0 aliphatic carbocycles. The van der Waals surface area contributed by atoms with E-state index in [1.807, 2.05) is 30.0 Å². The quantitative estimate of drug-likeness (QED) is 0.779. The van der Waals surface area contributed by atoms with Gasteiger partial charge in [0.1, 0.15) is 0 Å². The van der Waals surface area contributed by atoms with Crippen LogP contribution in [0.1, 0.15) is 18.5 Å². The van der Waals surface area contributed by atoms with Crippen molar-refractivity contribution in [2.45, 2.75) is 23.2 Å². The molecule has 3 nitrogen and oxygen atoms in total. The van der Waals surface area contributed by atoms with Crippen LogP contribution in [0.3, 0.4) is 0 Å². The van der Waals surface area contributed by atoms with Crippen LogP contribution in [0.25, 0.3) is 0 Å². The van der Waals surface area contributed by atoms with E-state index in [1.165, 1.54) is 5.03 Å². The molecule has 5 heteroatoms. The van der Waals surface area contributed by atoms with Crippen molar-refractivity contribution < 1.29 is 26.8 Å². The first kappa shape index (κ1) is 15.0. The summed E-state index contributed by atoms with van der Waals surface area (Å²) in [6.45, 7) is 2.22. The van der Waals surface area contributed by atoms with Crippen molar-refractivity contribution in [2.75, 3.05) is 7.11 Å². The second-order valence-electron chi connectivity index (χ2n) is 4.65. The fourth-order valence-corrected chi connectivity index (χ4v) is 3.81. The number of rotatable bonds is 2. The molecule has 0 bridgehead atoms. The number of methoxy groups -OCH3 is 1. The molecule has 0 fully saturated rings. The Bertz CT molecular complexity index is 621. The first-order valence-electron chi connectivity index (χ1n) is 6.24. The topological polar surface area (TPSA) is 33.3 Å². The van der Waals surface area contributed by atoms with Crippen molar-refractivity contribution in [2.24, 2.45) is 0 Å². The van der Waals surface area contributed by atoms with E-state index < -0.39 is 0 Å². The van der Waals surface area contributed by atoms with Gasteiger partial charge in [-0.15, -0.1) is 0 Å². The number of phenolic OH excluding ortho intramolecular Hbond substituents is 1. The second-order valence-corrected chi connectivity index (χ2v) is 6.04. The molecule has 0 spiro atoms. The number of nitrogens with zero attached hydrogens (tertiary/aromatic N) is 1. The first-order chi connectivity index (χ1) is 9.20. The van der Waals surface area contributed by atoms with Gasteiger partial charge in [0.05, 0.1) is 12.4 Å². The van der Waals surface area contributed by atoms with E-state index in [0.29, 0.717) is 11.0 Å². The van der Waals surface area contributed by atoms with E-state index in [-0.39, 0.29) is 24.2 Å². The van der Waals surface area contributed by atoms with Crippen LogP contribution in [-0.4, -0.2) is 17.5 Å². The number of aromatic nitrogens is 1. The van der Waals surface area contributed by atoms with Crippen molar-refractivity contribution in [3.8, 4) is 11.5 Å². The molecule has 1 N–H and O–H groups in total. The second kappa shape index (κ2) is 5.94. The minimum Gasteiger partial charge on any atom is -1.00 e. The molecule has 1 aliphatic rings. The highest BCUT2D eigenvalue weighted by molar-refractivity contribution is 7.99. The molecule has 0 amide bonds. The molecule has 0 radical (unpaired) electrons. The van der Waals surface area contributed by atoms with Crippen molar-refractivity contribution in [1.82, 2.24) is 0 Å². The summed E-state index contributed by atoms with van der Waals surface area (Å²) in [6, 6.07) is 12.1. The maximum Gasteiger partial charge on any atom is 0.241 e. The van der Waals surface area contributed by atoms with Crippen molar-refractivity contribution in [3.05, 3.63) is 48.2 Å². The summed E-state index contributed by atoms with van der Waals surface area (Å²) in [5.41, 5.74) is 1.16. The number of benzene rings is 1. The summed E-state index contributed by atoms with van der Waals surface area (Å²) in [5, 5.41) is 11.4.